The summed E-state index contributed by atoms with van der Waals surface area (Å²) in [6.07, 6.45) is 1.27. The van der Waals surface area contributed by atoms with E-state index in [2.05, 4.69) is 34.6 Å². The fourth-order valence-electron chi connectivity index (χ4n) is 6.43. The van der Waals surface area contributed by atoms with Crippen LogP contribution in [0.15, 0.2) is 60.2 Å². The second-order valence-electron chi connectivity index (χ2n) is 9.36. The average molecular weight is 429 g/mol. The van der Waals surface area contributed by atoms with Crippen molar-refractivity contribution in [3.05, 3.63) is 88.1 Å². The summed E-state index contributed by atoms with van der Waals surface area (Å²) in [6.45, 7) is 2.04. The SMILES string of the molecule is Cc1ccc2c3c([nH]c2c1)C1=C(C#N)C(=O)NC1(C1C(=O)c2cccc4cccc1c24)CC3. The Hall–Kier alpha value is -4.17. The van der Waals surface area contributed by atoms with Gasteiger partial charge in [0, 0.05) is 27.7 Å². The number of hydrogen-bond donors (Lipinski definition) is 2. The van der Waals surface area contributed by atoms with Gasteiger partial charge in [0.15, 0.2) is 5.78 Å². The van der Waals surface area contributed by atoms with Crippen molar-refractivity contribution in [3.8, 4) is 6.07 Å². The van der Waals surface area contributed by atoms with Gasteiger partial charge in [-0.2, -0.15) is 5.26 Å². The minimum Gasteiger partial charge on any atom is -0.354 e. The number of fused-ring (bicyclic) bond motifs is 5. The molecule has 0 bridgehead atoms. The number of ketones is 1. The second-order valence-corrected chi connectivity index (χ2v) is 9.36. The number of carbonyl (C=O) groups is 2. The summed E-state index contributed by atoms with van der Waals surface area (Å²) in [5, 5.41) is 16.2. The molecule has 2 aliphatic carbocycles. The highest BCUT2D eigenvalue weighted by Crippen LogP contribution is 2.55. The Morgan fingerprint density at radius 3 is 2.73 bits per heavy atom. The first-order valence-corrected chi connectivity index (χ1v) is 11.2. The van der Waals surface area contributed by atoms with Crippen LogP contribution in [0.1, 0.15) is 45.1 Å². The van der Waals surface area contributed by atoms with Gasteiger partial charge in [0.25, 0.3) is 5.91 Å². The van der Waals surface area contributed by atoms with E-state index in [4.69, 9.17) is 0 Å². The number of benzene rings is 3. The molecule has 1 aromatic heterocycles. The Bertz CT molecular complexity index is 1660. The monoisotopic (exact) mass is 429 g/mol. The first-order chi connectivity index (χ1) is 16.0. The first-order valence-electron chi connectivity index (χ1n) is 11.2. The smallest absolute Gasteiger partial charge is 0.263 e. The molecule has 33 heavy (non-hydrogen) atoms. The molecule has 5 nitrogen and oxygen atoms in total. The lowest BCUT2D eigenvalue weighted by molar-refractivity contribution is -0.117. The Balaban J connectivity index is 1.53. The highest BCUT2D eigenvalue weighted by Gasteiger charge is 2.58. The van der Waals surface area contributed by atoms with Crippen LogP contribution in [0, 0.1) is 18.3 Å². The highest BCUT2D eigenvalue weighted by atomic mass is 16.2. The molecule has 0 saturated heterocycles. The normalized spacial score (nSPS) is 23.1. The summed E-state index contributed by atoms with van der Waals surface area (Å²) < 4.78 is 0. The summed E-state index contributed by atoms with van der Waals surface area (Å²) >= 11 is 0. The number of aromatic nitrogens is 1. The summed E-state index contributed by atoms with van der Waals surface area (Å²) in [4.78, 5) is 30.5. The molecular weight excluding hydrogens is 410 g/mol. The molecule has 2 N–H and O–H groups in total. The van der Waals surface area contributed by atoms with Crippen LogP contribution in [-0.4, -0.2) is 22.2 Å². The number of amides is 1. The lowest BCUT2D eigenvalue weighted by Gasteiger charge is -2.40. The van der Waals surface area contributed by atoms with Crippen LogP contribution in [0.2, 0.25) is 0 Å². The van der Waals surface area contributed by atoms with Gasteiger partial charge in [-0.15, -0.1) is 0 Å². The molecule has 0 saturated carbocycles. The molecule has 0 fully saturated rings. The molecule has 0 radical (unpaired) electrons. The molecule has 2 atom stereocenters. The van der Waals surface area contributed by atoms with E-state index >= 15 is 0 Å². The van der Waals surface area contributed by atoms with Gasteiger partial charge in [-0.05, 0) is 53.3 Å². The minimum absolute atomic E-state index is 0.00851. The fraction of sp³-hybridized carbons (Fsp3) is 0.179. The Kier molecular flexibility index (Phi) is 3.34. The van der Waals surface area contributed by atoms with E-state index in [1.165, 1.54) is 0 Å². The zero-order chi connectivity index (χ0) is 22.5. The molecule has 0 spiro atoms. The van der Waals surface area contributed by atoms with Crippen molar-refractivity contribution < 1.29 is 9.59 Å². The molecule has 1 amide bonds. The van der Waals surface area contributed by atoms with Crippen molar-refractivity contribution in [2.75, 3.05) is 0 Å². The maximum absolute atomic E-state index is 13.9. The van der Waals surface area contributed by atoms with Crippen LogP contribution in [0.3, 0.4) is 0 Å². The number of nitrogens with one attached hydrogen (secondary N) is 2. The van der Waals surface area contributed by atoms with E-state index in [9.17, 15) is 14.9 Å². The van der Waals surface area contributed by atoms with E-state index in [-0.39, 0.29) is 11.4 Å². The van der Waals surface area contributed by atoms with Crippen molar-refractivity contribution in [3.63, 3.8) is 0 Å². The number of aromatic amines is 1. The third kappa shape index (κ3) is 2.11. The number of rotatable bonds is 1. The lowest BCUT2D eigenvalue weighted by atomic mass is 9.67. The van der Waals surface area contributed by atoms with Gasteiger partial charge in [0.05, 0.1) is 11.5 Å². The van der Waals surface area contributed by atoms with E-state index < -0.39 is 17.4 Å². The van der Waals surface area contributed by atoms with E-state index in [1.54, 1.807) is 0 Å². The van der Waals surface area contributed by atoms with Crippen molar-refractivity contribution in [2.24, 2.45) is 0 Å². The molecule has 2 heterocycles. The van der Waals surface area contributed by atoms with Crippen LogP contribution >= 0.6 is 0 Å². The van der Waals surface area contributed by atoms with E-state index in [0.717, 1.165) is 44.1 Å². The van der Waals surface area contributed by atoms with Gasteiger partial charge in [0.2, 0.25) is 0 Å². The van der Waals surface area contributed by atoms with Crippen LogP contribution in [0.5, 0.6) is 0 Å². The summed E-state index contributed by atoms with van der Waals surface area (Å²) in [5.41, 5.74) is 5.48. The minimum atomic E-state index is -0.949. The number of H-pyrrole nitrogens is 1. The van der Waals surface area contributed by atoms with Crippen molar-refractivity contribution >= 4 is 38.9 Å². The maximum Gasteiger partial charge on any atom is 0.263 e. The average Bonchev–Trinajstić information content (AvgIpc) is 3.42. The van der Waals surface area contributed by atoms with Crippen molar-refractivity contribution in [2.45, 2.75) is 31.2 Å². The Labute approximate surface area is 189 Å². The Morgan fingerprint density at radius 2 is 1.91 bits per heavy atom. The largest absolute Gasteiger partial charge is 0.354 e. The van der Waals surface area contributed by atoms with Gasteiger partial charge in [-0.1, -0.05) is 48.5 Å². The van der Waals surface area contributed by atoms with Gasteiger partial charge in [-0.25, -0.2) is 0 Å². The number of aryl methyl sites for hydroxylation is 2. The highest BCUT2D eigenvalue weighted by molar-refractivity contribution is 6.22. The number of nitrogens with zero attached hydrogens (tertiary/aromatic N) is 1. The second kappa shape index (κ2) is 5.99. The first kappa shape index (κ1) is 18.4. The van der Waals surface area contributed by atoms with E-state index in [0.29, 0.717) is 24.0 Å². The maximum atomic E-state index is 13.9. The zero-order valence-corrected chi connectivity index (χ0v) is 18.0. The summed E-state index contributed by atoms with van der Waals surface area (Å²) in [5.74, 6) is -0.954. The van der Waals surface area contributed by atoms with E-state index in [1.807, 2.05) is 43.3 Å². The molecule has 5 heteroatoms. The van der Waals surface area contributed by atoms with Crippen LogP contribution in [0.4, 0.5) is 0 Å². The Morgan fingerprint density at radius 1 is 1.09 bits per heavy atom. The molecular formula is C28H19N3O2. The number of Topliss-reactive ketones (excluding diaryl/α,β-unsaturated/α-hetero) is 1. The third-order valence-corrected chi connectivity index (χ3v) is 7.72. The summed E-state index contributed by atoms with van der Waals surface area (Å²) in [7, 11) is 0. The number of carbonyl (C=O) groups excluding carboxylic acids is 2. The van der Waals surface area contributed by atoms with Crippen LogP contribution < -0.4 is 5.32 Å². The van der Waals surface area contributed by atoms with Crippen molar-refractivity contribution in [1.82, 2.24) is 10.3 Å². The third-order valence-electron chi connectivity index (χ3n) is 7.72. The molecule has 7 rings (SSSR count). The zero-order valence-electron chi connectivity index (χ0n) is 18.0. The lowest BCUT2D eigenvalue weighted by Crippen LogP contribution is -2.52. The standard InChI is InChI=1S/C28H19N3O2/c1-14-8-9-16-17-10-11-28(23(20(13-29)27(33)31-28)25(17)30-21(16)12-14)24-18-6-2-4-15-5-3-7-19(22(15)18)26(24)32/h2-9,12,24,30H,10-11H2,1H3,(H,31,33). The van der Waals surface area contributed by atoms with Gasteiger partial charge >= 0.3 is 0 Å². The molecule has 3 aliphatic rings. The topological polar surface area (TPSA) is 85.8 Å². The van der Waals surface area contributed by atoms with Gasteiger partial charge in [0.1, 0.15) is 11.6 Å². The van der Waals surface area contributed by atoms with Gasteiger partial charge in [-0.3, -0.25) is 9.59 Å². The van der Waals surface area contributed by atoms with Crippen LogP contribution in [0.25, 0.3) is 27.2 Å². The van der Waals surface area contributed by atoms with Crippen molar-refractivity contribution in [1.29, 1.82) is 5.26 Å². The summed E-state index contributed by atoms with van der Waals surface area (Å²) in [6, 6.07) is 20.2. The molecule has 3 aromatic carbocycles. The predicted molar refractivity (Wildman–Crippen MR) is 126 cm³/mol. The number of nitriles is 1. The van der Waals surface area contributed by atoms with Crippen LogP contribution in [-0.2, 0) is 11.2 Å². The number of hydrogen-bond acceptors (Lipinski definition) is 3. The van der Waals surface area contributed by atoms with Gasteiger partial charge < -0.3 is 10.3 Å². The quantitative estimate of drug-likeness (QED) is 0.460. The molecule has 2 unspecified atom stereocenters. The fourth-order valence-corrected chi connectivity index (χ4v) is 6.43. The predicted octanol–water partition coefficient (Wildman–Crippen LogP) is 4.70. The molecule has 1 aliphatic heterocycles. The molecule has 158 valence electrons. The molecule has 4 aromatic rings.